The molecule has 0 radical (unpaired) electrons. The zero-order valence-corrected chi connectivity index (χ0v) is 8.76. The predicted molar refractivity (Wildman–Crippen MR) is 58.5 cm³/mol. The number of aromatic nitrogens is 2. The zero-order chi connectivity index (χ0) is 9.38. The Morgan fingerprint density at radius 3 is 3.14 bits per heavy atom. The Bertz CT molecular complexity index is 405. The molecule has 0 aliphatic carbocycles. The van der Waals surface area contributed by atoms with Crippen LogP contribution in [-0.4, -0.2) is 9.78 Å². The van der Waals surface area contributed by atoms with E-state index < -0.39 is 0 Å². The Kier molecular flexibility index (Phi) is 1.91. The molecule has 0 saturated carbocycles. The second-order valence-electron chi connectivity index (χ2n) is 3.71. The first-order chi connectivity index (χ1) is 6.93. The molecule has 0 atom stereocenters. The average Bonchev–Trinajstić information content (AvgIpc) is 2.86. The van der Waals surface area contributed by atoms with Gasteiger partial charge in [-0.2, -0.15) is 16.4 Å². The Morgan fingerprint density at radius 1 is 1.36 bits per heavy atom. The van der Waals surface area contributed by atoms with Crippen molar-refractivity contribution in [1.82, 2.24) is 9.78 Å². The smallest absolute Gasteiger partial charge is 0.0934 e. The van der Waals surface area contributed by atoms with Gasteiger partial charge >= 0.3 is 0 Å². The van der Waals surface area contributed by atoms with E-state index in [0.29, 0.717) is 0 Å². The molecule has 0 aromatic carbocycles. The summed E-state index contributed by atoms with van der Waals surface area (Å²) in [6, 6.07) is 4.38. The lowest BCUT2D eigenvalue weighted by molar-refractivity contribution is 0.487. The summed E-state index contributed by atoms with van der Waals surface area (Å²) in [6.45, 7) is 1.10. The summed E-state index contributed by atoms with van der Waals surface area (Å²) in [5.41, 5.74) is 3.80. The highest BCUT2D eigenvalue weighted by Gasteiger charge is 2.12. The highest BCUT2D eigenvalue weighted by atomic mass is 32.1. The minimum Gasteiger partial charge on any atom is -0.269 e. The minimum absolute atomic E-state index is 1.10. The van der Waals surface area contributed by atoms with Crippen LogP contribution in [0.3, 0.4) is 0 Å². The van der Waals surface area contributed by atoms with Crippen molar-refractivity contribution < 1.29 is 0 Å². The van der Waals surface area contributed by atoms with E-state index in [1.54, 1.807) is 11.3 Å². The molecule has 1 aliphatic rings. The maximum absolute atomic E-state index is 4.62. The summed E-state index contributed by atoms with van der Waals surface area (Å²) in [6.07, 6.45) is 3.78. The maximum atomic E-state index is 4.62. The molecule has 0 saturated heterocycles. The molecule has 2 aromatic rings. The van der Waals surface area contributed by atoms with Crippen LogP contribution < -0.4 is 0 Å². The fourth-order valence-electron chi connectivity index (χ4n) is 1.97. The highest BCUT2D eigenvalue weighted by Crippen LogP contribution is 2.24. The van der Waals surface area contributed by atoms with Crippen LogP contribution in [0.15, 0.2) is 22.9 Å². The SMILES string of the molecule is c1cc(-c2cc3n(n2)CCCC3)cs1. The molecule has 2 aromatic heterocycles. The molecule has 3 heteroatoms. The third kappa shape index (κ3) is 1.28. The Balaban J connectivity index is 2.04. The van der Waals surface area contributed by atoms with Crippen LogP contribution in [0.5, 0.6) is 0 Å². The van der Waals surface area contributed by atoms with E-state index in [1.807, 2.05) is 0 Å². The molecule has 0 bridgehead atoms. The van der Waals surface area contributed by atoms with E-state index in [2.05, 4.69) is 32.7 Å². The van der Waals surface area contributed by atoms with Crippen LogP contribution in [0.2, 0.25) is 0 Å². The first kappa shape index (κ1) is 8.24. The molecule has 0 fully saturated rings. The highest BCUT2D eigenvalue weighted by molar-refractivity contribution is 7.08. The Hall–Kier alpha value is -1.09. The molecule has 1 aliphatic heterocycles. The lowest BCUT2D eigenvalue weighted by Crippen LogP contribution is -2.10. The van der Waals surface area contributed by atoms with Gasteiger partial charge in [0.25, 0.3) is 0 Å². The summed E-state index contributed by atoms with van der Waals surface area (Å²) in [4.78, 5) is 0. The van der Waals surface area contributed by atoms with Crippen molar-refractivity contribution in [2.75, 3.05) is 0 Å². The third-order valence-corrected chi connectivity index (χ3v) is 3.42. The van der Waals surface area contributed by atoms with E-state index in [0.717, 1.165) is 12.2 Å². The van der Waals surface area contributed by atoms with Crippen molar-refractivity contribution in [1.29, 1.82) is 0 Å². The average molecular weight is 204 g/mol. The molecule has 3 rings (SSSR count). The summed E-state index contributed by atoms with van der Waals surface area (Å²) >= 11 is 1.73. The van der Waals surface area contributed by atoms with Gasteiger partial charge < -0.3 is 0 Å². The first-order valence-electron chi connectivity index (χ1n) is 5.03. The number of rotatable bonds is 1. The van der Waals surface area contributed by atoms with Crippen molar-refractivity contribution in [2.24, 2.45) is 0 Å². The first-order valence-corrected chi connectivity index (χ1v) is 5.97. The minimum atomic E-state index is 1.10. The van der Waals surface area contributed by atoms with Gasteiger partial charge in [-0.05, 0) is 36.8 Å². The van der Waals surface area contributed by atoms with Gasteiger partial charge in [-0.15, -0.1) is 0 Å². The monoisotopic (exact) mass is 204 g/mol. The van der Waals surface area contributed by atoms with Crippen molar-refractivity contribution >= 4 is 11.3 Å². The van der Waals surface area contributed by atoms with Crippen LogP contribution >= 0.6 is 11.3 Å². The molecule has 14 heavy (non-hydrogen) atoms. The fraction of sp³-hybridized carbons (Fsp3) is 0.364. The standard InChI is InChI=1S/C11H12N2S/c1-2-5-13-10(3-1)7-11(12-13)9-4-6-14-8-9/h4,6-8H,1-3,5H2. The fourth-order valence-corrected chi connectivity index (χ4v) is 2.62. The van der Waals surface area contributed by atoms with E-state index in [-0.39, 0.29) is 0 Å². The number of aryl methyl sites for hydroxylation is 2. The lowest BCUT2D eigenvalue weighted by Gasteiger charge is -2.11. The quantitative estimate of drug-likeness (QED) is 0.698. The lowest BCUT2D eigenvalue weighted by atomic mass is 10.1. The van der Waals surface area contributed by atoms with Gasteiger partial charge in [0.2, 0.25) is 0 Å². The molecule has 2 nitrogen and oxygen atoms in total. The van der Waals surface area contributed by atoms with Gasteiger partial charge in [0.05, 0.1) is 5.69 Å². The van der Waals surface area contributed by atoms with E-state index in [1.165, 1.54) is 30.5 Å². The van der Waals surface area contributed by atoms with Gasteiger partial charge in [0.15, 0.2) is 0 Å². The van der Waals surface area contributed by atoms with E-state index in [4.69, 9.17) is 0 Å². The molecule has 0 spiro atoms. The Morgan fingerprint density at radius 2 is 2.36 bits per heavy atom. The molecule has 0 unspecified atom stereocenters. The van der Waals surface area contributed by atoms with Crippen LogP contribution in [0.4, 0.5) is 0 Å². The summed E-state index contributed by atoms with van der Waals surface area (Å²) in [5.74, 6) is 0. The zero-order valence-electron chi connectivity index (χ0n) is 7.94. The normalized spacial score (nSPS) is 15.4. The van der Waals surface area contributed by atoms with Gasteiger partial charge in [-0.3, -0.25) is 4.68 Å². The predicted octanol–water partition coefficient (Wildman–Crippen LogP) is 2.95. The van der Waals surface area contributed by atoms with Crippen LogP contribution in [0.25, 0.3) is 11.3 Å². The summed E-state index contributed by atoms with van der Waals surface area (Å²) in [5, 5.41) is 8.88. The van der Waals surface area contributed by atoms with E-state index >= 15 is 0 Å². The molecule has 3 heterocycles. The number of fused-ring (bicyclic) bond motifs is 1. The van der Waals surface area contributed by atoms with Crippen molar-refractivity contribution in [2.45, 2.75) is 25.8 Å². The van der Waals surface area contributed by atoms with Crippen molar-refractivity contribution in [3.05, 3.63) is 28.6 Å². The topological polar surface area (TPSA) is 17.8 Å². The molecule has 0 amide bonds. The largest absolute Gasteiger partial charge is 0.269 e. The van der Waals surface area contributed by atoms with Gasteiger partial charge in [-0.25, -0.2) is 0 Å². The molecule has 0 N–H and O–H groups in total. The van der Waals surface area contributed by atoms with Crippen LogP contribution in [-0.2, 0) is 13.0 Å². The van der Waals surface area contributed by atoms with Gasteiger partial charge in [0, 0.05) is 23.2 Å². The Labute approximate surface area is 87.2 Å². The van der Waals surface area contributed by atoms with Gasteiger partial charge in [-0.1, -0.05) is 0 Å². The molecular weight excluding hydrogens is 192 g/mol. The van der Waals surface area contributed by atoms with Crippen LogP contribution in [0, 0.1) is 0 Å². The second kappa shape index (κ2) is 3.24. The van der Waals surface area contributed by atoms with Crippen molar-refractivity contribution in [3.8, 4) is 11.3 Å². The third-order valence-electron chi connectivity index (χ3n) is 2.73. The second-order valence-corrected chi connectivity index (χ2v) is 4.49. The number of hydrogen-bond acceptors (Lipinski definition) is 2. The summed E-state index contributed by atoms with van der Waals surface area (Å²) in [7, 11) is 0. The molecular formula is C11H12N2S. The number of hydrogen-bond donors (Lipinski definition) is 0. The van der Waals surface area contributed by atoms with Gasteiger partial charge in [0.1, 0.15) is 0 Å². The summed E-state index contributed by atoms with van der Waals surface area (Å²) < 4.78 is 2.16. The number of thiophene rings is 1. The number of nitrogens with zero attached hydrogens (tertiary/aromatic N) is 2. The molecule has 72 valence electrons. The maximum Gasteiger partial charge on any atom is 0.0934 e. The van der Waals surface area contributed by atoms with Crippen LogP contribution in [0.1, 0.15) is 18.5 Å². The van der Waals surface area contributed by atoms with Crippen molar-refractivity contribution in [3.63, 3.8) is 0 Å². The van der Waals surface area contributed by atoms with E-state index in [9.17, 15) is 0 Å².